The lowest BCUT2D eigenvalue weighted by molar-refractivity contribution is -0.143. The van der Waals surface area contributed by atoms with Crippen LogP contribution in [-0.4, -0.2) is 59.1 Å². The number of nitrogens with one attached hydrogen (secondary N) is 2. The number of nitrogens with zero attached hydrogens (tertiary/aromatic N) is 3. The molecule has 130 valence electrons. The van der Waals surface area contributed by atoms with Gasteiger partial charge >= 0.3 is 12.2 Å². The number of aromatic nitrogens is 2. The lowest BCUT2D eigenvalue weighted by atomic mass is 10.1. The van der Waals surface area contributed by atoms with Crippen LogP contribution < -0.4 is 10.6 Å². The summed E-state index contributed by atoms with van der Waals surface area (Å²) in [5, 5.41) is 9.58. The van der Waals surface area contributed by atoms with Gasteiger partial charge in [-0.3, -0.25) is 9.58 Å². The van der Waals surface area contributed by atoms with Crippen LogP contribution in [0.2, 0.25) is 0 Å². The maximum Gasteiger partial charge on any atom is 0.401 e. The second kappa shape index (κ2) is 7.67. The van der Waals surface area contributed by atoms with Crippen molar-refractivity contribution in [1.29, 1.82) is 0 Å². The molecule has 1 aliphatic heterocycles. The third-order valence-electron chi connectivity index (χ3n) is 3.72. The molecule has 1 aliphatic rings. The fourth-order valence-corrected chi connectivity index (χ4v) is 2.72. The average Bonchev–Trinajstić information content (AvgIpc) is 3.06. The normalized spacial score (nSPS) is 20.4. The van der Waals surface area contributed by atoms with E-state index < -0.39 is 12.7 Å². The third kappa shape index (κ3) is 6.47. The lowest BCUT2D eigenvalue weighted by Crippen LogP contribution is -2.44. The number of hydrogen-bond acceptors (Lipinski definition) is 3. The minimum absolute atomic E-state index is 0.0597. The molecule has 2 N–H and O–H groups in total. The van der Waals surface area contributed by atoms with Crippen LogP contribution in [0.25, 0.3) is 0 Å². The van der Waals surface area contributed by atoms with Gasteiger partial charge in [0.15, 0.2) is 0 Å². The van der Waals surface area contributed by atoms with Gasteiger partial charge < -0.3 is 10.6 Å². The number of alkyl halides is 3. The molecule has 2 heterocycles. The van der Waals surface area contributed by atoms with Crippen LogP contribution in [0.15, 0.2) is 18.5 Å². The van der Waals surface area contributed by atoms with Crippen LogP contribution in [0.1, 0.15) is 13.3 Å². The van der Waals surface area contributed by atoms with E-state index in [9.17, 15) is 18.0 Å². The summed E-state index contributed by atoms with van der Waals surface area (Å²) in [6, 6.07) is 1.40. The molecular weight excluding hydrogens is 311 g/mol. The maximum absolute atomic E-state index is 12.3. The van der Waals surface area contributed by atoms with E-state index in [0.717, 1.165) is 0 Å². The maximum atomic E-state index is 12.3. The first kappa shape index (κ1) is 17.6. The van der Waals surface area contributed by atoms with Gasteiger partial charge in [-0.05, 0) is 31.9 Å². The number of amides is 2. The van der Waals surface area contributed by atoms with Crippen molar-refractivity contribution >= 4 is 6.03 Å². The molecule has 1 aromatic rings. The van der Waals surface area contributed by atoms with Crippen molar-refractivity contribution in [2.24, 2.45) is 5.92 Å². The van der Waals surface area contributed by atoms with Crippen molar-refractivity contribution in [1.82, 2.24) is 25.3 Å². The fourth-order valence-electron chi connectivity index (χ4n) is 2.72. The van der Waals surface area contributed by atoms with Crippen molar-refractivity contribution in [2.45, 2.75) is 32.1 Å². The predicted molar refractivity (Wildman–Crippen MR) is 78.8 cm³/mol. The molecule has 0 radical (unpaired) electrons. The summed E-state index contributed by atoms with van der Waals surface area (Å²) in [7, 11) is 0. The van der Waals surface area contributed by atoms with E-state index in [2.05, 4.69) is 15.7 Å². The Morgan fingerprint density at radius 1 is 1.48 bits per heavy atom. The number of urea groups is 1. The van der Waals surface area contributed by atoms with Crippen LogP contribution in [0.3, 0.4) is 0 Å². The van der Waals surface area contributed by atoms with Gasteiger partial charge in [0.2, 0.25) is 0 Å². The summed E-state index contributed by atoms with van der Waals surface area (Å²) in [6.07, 6.45) is -0.0236. The molecule has 2 unspecified atom stereocenters. The van der Waals surface area contributed by atoms with E-state index in [0.29, 0.717) is 32.6 Å². The van der Waals surface area contributed by atoms with E-state index in [-0.39, 0.29) is 18.0 Å². The molecule has 2 amide bonds. The van der Waals surface area contributed by atoms with Gasteiger partial charge in [-0.15, -0.1) is 0 Å². The molecule has 1 fully saturated rings. The molecule has 0 bridgehead atoms. The summed E-state index contributed by atoms with van der Waals surface area (Å²) in [5.74, 6) is 0.0597. The van der Waals surface area contributed by atoms with E-state index in [1.165, 1.54) is 4.90 Å². The van der Waals surface area contributed by atoms with E-state index >= 15 is 0 Å². The van der Waals surface area contributed by atoms with E-state index in [1.807, 2.05) is 13.1 Å². The van der Waals surface area contributed by atoms with Crippen molar-refractivity contribution in [3.8, 4) is 0 Å². The van der Waals surface area contributed by atoms with Gasteiger partial charge in [-0.25, -0.2) is 4.79 Å². The van der Waals surface area contributed by atoms with Crippen molar-refractivity contribution in [3.05, 3.63) is 18.5 Å². The Kier molecular flexibility index (Phi) is 5.86. The van der Waals surface area contributed by atoms with Gasteiger partial charge in [0, 0.05) is 31.5 Å². The number of likely N-dealkylation sites (tertiary alicyclic amines) is 1. The Morgan fingerprint density at radius 3 is 2.91 bits per heavy atom. The Labute approximate surface area is 133 Å². The molecule has 0 aliphatic carbocycles. The number of carbonyl (C=O) groups is 1. The van der Waals surface area contributed by atoms with Crippen LogP contribution in [-0.2, 0) is 6.54 Å². The molecule has 0 saturated carbocycles. The first-order chi connectivity index (χ1) is 10.8. The first-order valence-corrected chi connectivity index (χ1v) is 7.63. The quantitative estimate of drug-likeness (QED) is 0.828. The Morgan fingerprint density at radius 2 is 2.26 bits per heavy atom. The molecular formula is C14H22F3N5O. The topological polar surface area (TPSA) is 62.2 Å². The summed E-state index contributed by atoms with van der Waals surface area (Å²) < 4.78 is 38.7. The highest BCUT2D eigenvalue weighted by Gasteiger charge is 2.34. The SMILES string of the molecule is CC(Cn1cccn1)NC(=O)NCC1CCN(CC(F)(F)F)C1. The van der Waals surface area contributed by atoms with Crippen LogP contribution >= 0.6 is 0 Å². The van der Waals surface area contributed by atoms with Gasteiger partial charge in [-0.1, -0.05) is 0 Å². The molecule has 6 nitrogen and oxygen atoms in total. The summed E-state index contributed by atoms with van der Waals surface area (Å²) in [6.45, 7) is 2.71. The predicted octanol–water partition coefficient (Wildman–Crippen LogP) is 1.45. The number of carbonyl (C=O) groups excluding carboxylic acids is 1. The zero-order valence-electron chi connectivity index (χ0n) is 13.0. The highest BCUT2D eigenvalue weighted by Crippen LogP contribution is 2.22. The summed E-state index contributed by atoms with van der Waals surface area (Å²) >= 11 is 0. The van der Waals surface area contributed by atoms with Gasteiger partial charge in [0.05, 0.1) is 13.1 Å². The summed E-state index contributed by atoms with van der Waals surface area (Å²) in [4.78, 5) is 13.2. The van der Waals surface area contributed by atoms with Gasteiger partial charge in [-0.2, -0.15) is 18.3 Å². The number of halogens is 3. The second-order valence-electron chi connectivity index (χ2n) is 5.99. The minimum atomic E-state index is -4.17. The minimum Gasteiger partial charge on any atom is -0.338 e. The molecule has 1 aromatic heterocycles. The monoisotopic (exact) mass is 333 g/mol. The largest absolute Gasteiger partial charge is 0.401 e. The Bertz CT molecular complexity index is 491. The lowest BCUT2D eigenvalue weighted by Gasteiger charge is -2.18. The van der Waals surface area contributed by atoms with Crippen LogP contribution in [0.5, 0.6) is 0 Å². The molecule has 1 saturated heterocycles. The van der Waals surface area contributed by atoms with Gasteiger partial charge in [0.1, 0.15) is 0 Å². The molecule has 0 spiro atoms. The summed E-state index contributed by atoms with van der Waals surface area (Å²) in [5.41, 5.74) is 0. The molecule has 9 heteroatoms. The van der Waals surface area contributed by atoms with Crippen molar-refractivity contribution in [3.63, 3.8) is 0 Å². The zero-order valence-corrected chi connectivity index (χ0v) is 13.0. The van der Waals surface area contributed by atoms with Crippen molar-refractivity contribution < 1.29 is 18.0 Å². The van der Waals surface area contributed by atoms with Crippen LogP contribution in [0, 0.1) is 5.92 Å². The first-order valence-electron chi connectivity index (χ1n) is 7.63. The molecule has 23 heavy (non-hydrogen) atoms. The highest BCUT2D eigenvalue weighted by molar-refractivity contribution is 5.74. The molecule has 0 aromatic carbocycles. The molecule has 2 rings (SSSR count). The zero-order chi connectivity index (χ0) is 16.9. The highest BCUT2D eigenvalue weighted by atomic mass is 19.4. The Hall–Kier alpha value is -1.77. The number of hydrogen-bond donors (Lipinski definition) is 2. The number of rotatable bonds is 6. The van der Waals surface area contributed by atoms with Crippen LogP contribution in [0.4, 0.5) is 18.0 Å². The third-order valence-corrected chi connectivity index (χ3v) is 3.72. The van der Waals surface area contributed by atoms with Crippen molar-refractivity contribution in [2.75, 3.05) is 26.2 Å². The molecule has 2 atom stereocenters. The van der Waals surface area contributed by atoms with E-state index in [4.69, 9.17) is 0 Å². The fraction of sp³-hybridized carbons (Fsp3) is 0.714. The second-order valence-corrected chi connectivity index (χ2v) is 5.99. The van der Waals surface area contributed by atoms with Gasteiger partial charge in [0.25, 0.3) is 0 Å². The Balaban J connectivity index is 1.63. The smallest absolute Gasteiger partial charge is 0.338 e. The van der Waals surface area contributed by atoms with E-state index in [1.54, 1.807) is 16.9 Å². The standard InChI is InChI=1S/C14H22F3N5O/c1-11(8-22-5-2-4-19-22)20-13(23)18-7-12-3-6-21(9-12)10-14(15,16)17/h2,4-5,11-12H,3,6-10H2,1H3,(H2,18,20,23). The average molecular weight is 333 g/mol.